The van der Waals surface area contributed by atoms with Crippen LogP contribution < -0.4 is 4.91 Å². The highest BCUT2D eigenvalue weighted by Crippen LogP contribution is 2.23. The number of aromatic nitrogens is 1. The van der Waals surface area contributed by atoms with Crippen LogP contribution in [0.15, 0.2) is 41.8 Å². The van der Waals surface area contributed by atoms with Crippen LogP contribution in [-0.4, -0.2) is 4.98 Å². The van der Waals surface area contributed by atoms with Crippen LogP contribution in [0.5, 0.6) is 0 Å². The number of hydrogen-bond acceptors (Lipinski definition) is 3. The van der Waals surface area contributed by atoms with E-state index < -0.39 is 0 Å². The van der Waals surface area contributed by atoms with Gasteiger partial charge in [-0.25, -0.2) is 0 Å². The van der Waals surface area contributed by atoms with Crippen molar-refractivity contribution in [3.63, 3.8) is 0 Å². The van der Waals surface area contributed by atoms with E-state index in [1.165, 1.54) is 0 Å². The van der Waals surface area contributed by atoms with Gasteiger partial charge in [-0.2, -0.15) is 0 Å². The molecule has 62 valence electrons. The molecular weight excluding hydrogens is 164 g/mol. The second-order valence-electron chi connectivity index (χ2n) is 2.58. The fourth-order valence-electron chi connectivity index (χ4n) is 1.23. The summed E-state index contributed by atoms with van der Waals surface area (Å²) < 4.78 is 0. The van der Waals surface area contributed by atoms with Crippen molar-refractivity contribution in [3.8, 4) is 0 Å². The number of fused-ring (bicyclic) bond motifs is 1. The molecule has 0 atom stereocenters. The Labute approximate surface area is 74.5 Å². The molecule has 1 N–H and O–H groups in total. The minimum Gasteiger partial charge on any atom is -0.262 e. The van der Waals surface area contributed by atoms with Crippen LogP contribution in [0.2, 0.25) is 0 Å². The summed E-state index contributed by atoms with van der Waals surface area (Å²) in [4.78, 5) is 6.99. The highest BCUT2D eigenvalue weighted by Gasteiger charge is 2.02. The van der Waals surface area contributed by atoms with Crippen LogP contribution in [0.3, 0.4) is 0 Å². The molecule has 2 aromatic rings. The summed E-state index contributed by atoms with van der Waals surface area (Å²) in [6.07, 6.45) is 3.36. The first-order valence-electron chi connectivity index (χ1n) is 3.82. The van der Waals surface area contributed by atoms with Gasteiger partial charge in [-0.3, -0.25) is 4.98 Å². The Balaban J connectivity index is 2.82. The molecule has 0 unspecified atom stereocenters. The summed E-state index contributed by atoms with van der Waals surface area (Å²) in [6.45, 7) is 0. The minimum atomic E-state index is 0.633. The molecule has 0 radical (unpaired) electrons. The summed E-state index contributed by atoms with van der Waals surface area (Å²) in [6, 6.07) is 7.74. The Hall–Kier alpha value is -2.06. The third kappa shape index (κ3) is 1.30. The summed E-state index contributed by atoms with van der Waals surface area (Å²) >= 11 is 0. The van der Waals surface area contributed by atoms with Crippen LogP contribution >= 0.6 is 0 Å². The molecule has 0 aliphatic rings. The maximum Gasteiger partial charge on any atom is 0.220 e. The van der Waals surface area contributed by atoms with E-state index >= 15 is 0 Å². The number of rotatable bonds is 1. The molecule has 0 spiro atoms. The van der Waals surface area contributed by atoms with Gasteiger partial charge in [0.1, 0.15) is 5.53 Å². The molecule has 0 aliphatic carbocycles. The van der Waals surface area contributed by atoms with Crippen LogP contribution in [0.1, 0.15) is 0 Å². The van der Waals surface area contributed by atoms with E-state index in [1.54, 1.807) is 12.4 Å². The maximum absolute atomic E-state index is 6.65. The number of nitrogens with one attached hydrogen (secondary N) is 1. The zero-order chi connectivity index (χ0) is 9.10. The normalized spacial score (nSPS) is 9.54. The largest absolute Gasteiger partial charge is 0.262 e. The Morgan fingerprint density at radius 2 is 2.08 bits per heavy atom. The van der Waals surface area contributed by atoms with Crippen LogP contribution in [0.25, 0.3) is 10.8 Å². The Morgan fingerprint density at radius 1 is 1.23 bits per heavy atom. The Kier molecular flexibility index (Phi) is 1.82. The average molecular weight is 171 g/mol. The molecule has 0 saturated heterocycles. The zero-order valence-corrected chi connectivity index (χ0v) is 6.81. The van der Waals surface area contributed by atoms with Crippen molar-refractivity contribution in [1.29, 1.82) is 5.53 Å². The third-order valence-electron chi connectivity index (χ3n) is 1.80. The van der Waals surface area contributed by atoms with E-state index in [9.17, 15) is 0 Å². The van der Waals surface area contributed by atoms with Gasteiger partial charge in [0.2, 0.25) is 4.91 Å². The van der Waals surface area contributed by atoms with Crippen molar-refractivity contribution >= 4 is 16.5 Å². The van der Waals surface area contributed by atoms with Gasteiger partial charge < -0.3 is 0 Å². The first kappa shape index (κ1) is 7.58. The predicted molar refractivity (Wildman–Crippen MR) is 48.7 cm³/mol. The van der Waals surface area contributed by atoms with Crippen LogP contribution in [0.4, 0.5) is 5.69 Å². The maximum atomic E-state index is 6.65. The fourth-order valence-corrected chi connectivity index (χ4v) is 1.23. The van der Waals surface area contributed by atoms with Crippen molar-refractivity contribution in [1.82, 2.24) is 9.90 Å². The highest BCUT2D eigenvalue weighted by molar-refractivity contribution is 5.91. The van der Waals surface area contributed by atoms with Gasteiger partial charge in [-0.1, -0.05) is 24.3 Å². The molecule has 0 fully saturated rings. The summed E-state index contributed by atoms with van der Waals surface area (Å²) in [5.41, 5.74) is 7.28. The van der Waals surface area contributed by atoms with Gasteiger partial charge >= 0.3 is 0 Å². The molecule has 0 saturated carbocycles. The molecular formula is C9H7N4+. The topological polar surface area (TPSA) is 63.2 Å². The molecule has 0 amide bonds. The van der Waals surface area contributed by atoms with E-state index in [-0.39, 0.29) is 0 Å². The van der Waals surface area contributed by atoms with Crippen molar-refractivity contribution < 1.29 is 0 Å². The standard InChI is InChI=1S/C9H7N4/c10-13-12-9-6-11-5-7-3-1-2-4-8(7)9/h1-6,10H/q+1. The lowest BCUT2D eigenvalue weighted by atomic mass is 10.1. The van der Waals surface area contributed by atoms with Gasteiger partial charge in [0, 0.05) is 17.0 Å². The molecule has 1 aromatic heterocycles. The summed E-state index contributed by atoms with van der Waals surface area (Å²) in [5, 5.41) is 5.64. The predicted octanol–water partition coefficient (Wildman–Crippen LogP) is 2.42. The second-order valence-corrected chi connectivity index (χ2v) is 2.58. The molecule has 13 heavy (non-hydrogen) atoms. The van der Waals surface area contributed by atoms with Crippen molar-refractivity contribution in [2.75, 3.05) is 0 Å². The molecule has 0 bridgehead atoms. The molecule has 2 rings (SSSR count). The molecule has 1 aromatic carbocycles. The van der Waals surface area contributed by atoms with Crippen molar-refractivity contribution in [3.05, 3.63) is 36.7 Å². The summed E-state index contributed by atoms with van der Waals surface area (Å²) in [7, 11) is 0. The molecule has 0 aliphatic heterocycles. The first-order valence-corrected chi connectivity index (χ1v) is 3.82. The smallest absolute Gasteiger partial charge is 0.220 e. The first-order chi connectivity index (χ1) is 6.42. The van der Waals surface area contributed by atoms with Gasteiger partial charge in [0.15, 0.2) is 10.8 Å². The van der Waals surface area contributed by atoms with Gasteiger partial charge in [-0.15, -0.1) is 0 Å². The zero-order valence-electron chi connectivity index (χ0n) is 6.81. The molecule has 4 nitrogen and oxygen atoms in total. The van der Waals surface area contributed by atoms with Crippen LogP contribution in [-0.2, 0) is 0 Å². The third-order valence-corrected chi connectivity index (χ3v) is 1.80. The van der Waals surface area contributed by atoms with E-state index in [0.717, 1.165) is 10.8 Å². The van der Waals surface area contributed by atoms with Gasteiger partial charge in [-0.05, 0) is 0 Å². The number of benzene rings is 1. The van der Waals surface area contributed by atoms with Gasteiger partial charge in [0.25, 0.3) is 0 Å². The minimum absolute atomic E-state index is 0.633. The average Bonchev–Trinajstić information content (AvgIpc) is 2.19. The van der Waals surface area contributed by atoms with Crippen molar-refractivity contribution in [2.45, 2.75) is 0 Å². The van der Waals surface area contributed by atoms with Crippen LogP contribution in [0, 0.1) is 5.53 Å². The second kappa shape index (κ2) is 3.13. The molecule has 1 heterocycles. The van der Waals surface area contributed by atoms with E-state index in [1.807, 2.05) is 24.3 Å². The Morgan fingerprint density at radius 3 is 2.92 bits per heavy atom. The van der Waals surface area contributed by atoms with Crippen molar-refractivity contribution in [2.24, 2.45) is 5.11 Å². The quantitative estimate of drug-likeness (QED) is 0.519. The fraction of sp³-hybridized carbons (Fsp3) is 0. The van der Waals surface area contributed by atoms with Gasteiger partial charge in [0.05, 0.1) is 6.20 Å². The van der Waals surface area contributed by atoms with E-state index in [2.05, 4.69) is 15.0 Å². The lowest BCUT2D eigenvalue weighted by Crippen LogP contribution is -1.76. The number of nitrogens with zero attached hydrogens (tertiary/aromatic N) is 3. The monoisotopic (exact) mass is 171 g/mol. The van der Waals surface area contributed by atoms with E-state index in [4.69, 9.17) is 5.53 Å². The number of pyridine rings is 1. The SMILES string of the molecule is N=[N+]=Nc1cncc2ccccc12. The lowest BCUT2D eigenvalue weighted by molar-refractivity contribution is 0.992. The lowest BCUT2D eigenvalue weighted by Gasteiger charge is -1.94. The summed E-state index contributed by atoms with van der Waals surface area (Å²) in [5.74, 6) is 0. The molecule has 4 heteroatoms. The van der Waals surface area contributed by atoms with E-state index in [0.29, 0.717) is 5.69 Å². The number of hydrogen-bond donors (Lipinski definition) is 1. The highest BCUT2D eigenvalue weighted by atomic mass is 15.1. The Bertz CT molecular complexity index is 480.